The Kier molecular flexibility index (Phi) is 8.49. The van der Waals surface area contributed by atoms with Gasteiger partial charge in [-0.25, -0.2) is 0 Å². The third kappa shape index (κ3) is 6.37. The smallest absolute Gasteiger partial charge is 0.254 e. The van der Waals surface area contributed by atoms with Gasteiger partial charge in [0.15, 0.2) is 0 Å². The molecule has 37 heavy (non-hydrogen) atoms. The number of ether oxygens (including phenoxy) is 2. The zero-order valence-electron chi connectivity index (χ0n) is 20.3. The lowest BCUT2D eigenvalue weighted by atomic mass is 10.00. The van der Waals surface area contributed by atoms with Crippen molar-refractivity contribution >= 4 is 50.7 Å². The van der Waals surface area contributed by atoms with Crippen LogP contribution in [-0.4, -0.2) is 60.6 Å². The highest BCUT2D eigenvalue weighted by Gasteiger charge is 2.34. The summed E-state index contributed by atoms with van der Waals surface area (Å²) in [6.07, 6.45) is 2.59. The summed E-state index contributed by atoms with van der Waals surface area (Å²) in [5, 5.41) is 2.71. The second-order valence-electron chi connectivity index (χ2n) is 9.25. The molecule has 9 heteroatoms. The number of carbonyl (C=O) groups is 2. The van der Waals surface area contributed by atoms with Gasteiger partial charge in [0.2, 0.25) is 5.91 Å². The third-order valence-electron chi connectivity index (χ3n) is 6.77. The highest BCUT2D eigenvalue weighted by atomic mass is 79.9. The summed E-state index contributed by atoms with van der Waals surface area (Å²) >= 11 is 11.2. The first-order valence-electron chi connectivity index (χ1n) is 12.4. The van der Waals surface area contributed by atoms with E-state index in [1.807, 2.05) is 29.2 Å². The van der Waals surface area contributed by atoms with Crippen LogP contribution in [-0.2, 0) is 16.0 Å². The monoisotopic (exact) mass is 602 g/mol. The molecule has 1 aromatic heterocycles. The summed E-state index contributed by atoms with van der Waals surface area (Å²) < 4.78 is 12.7. The van der Waals surface area contributed by atoms with E-state index in [0.29, 0.717) is 42.6 Å². The highest BCUT2D eigenvalue weighted by molar-refractivity contribution is 9.10. The van der Waals surface area contributed by atoms with Crippen molar-refractivity contribution in [2.45, 2.75) is 31.4 Å². The average Bonchev–Trinajstić information content (AvgIpc) is 3.59. The van der Waals surface area contributed by atoms with Crippen LogP contribution in [0.25, 0.3) is 0 Å². The lowest BCUT2D eigenvalue weighted by Gasteiger charge is -2.37. The molecule has 0 saturated carbocycles. The Morgan fingerprint density at radius 2 is 2.03 bits per heavy atom. The van der Waals surface area contributed by atoms with Crippen LogP contribution in [0.5, 0.6) is 5.75 Å². The van der Waals surface area contributed by atoms with Crippen LogP contribution < -0.4 is 4.74 Å². The Labute approximate surface area is 234 Å². The topological polar surface area (TPSA) is 59.1 Å². The molecule has 2 amide bonds. The number of nitrogens with zero attached hydrogens (tertiary/aromatic N) is 2. The summed E-state index contributed by atoms with van der Waals surface area (Å²) in [5.74, 6) is 0.430. The van der Waals surface area contributed by atoms with Gasteiger partial charge in [-0.1, -0.05) is 33.6 Å². The van der Waals surface area contributed by atoms with Crippen LogP contribution in [0, 0.1) is 0 Å². The van der Waals surface area contributed by atoms with Crippen molar-refractivity contribution in [1.29, 1.82) is 0 Å². The quantitative estimate of drug-likeness (QED) is 0.317. The van der Waals surface area contributed by atoms with Crippen LogP contribution in [0.3, 0.4) is 0 Å². The molecular formula is C28H28BrClN2O4S. The maximum absolute atomic E-state index is 13.8. The fourth-order valence-electron chi connectivity index (χ4n) is 4.89. The molecule has 1 fully saturated rings. The van der Waals surface area contributed by atoms with Crippen molar-refractivity contribution in [2.75, 3.05) is 32.8 Å². The molecule has 2 atom stereocenters. The summed E-state index contributed by atoms with van der Waals surface area (Å²) in [6.45, 7) is 1.97. The lowest BCUT2D eigenvalue weighted by molar-refractivity contribution is -0.135. The molecule has 2 aliphatic heterocycles. The standard InChI is InChI=1S/C28H28BrClN2O4S/c29-20-4-1-3-19(15-20)28(34)31(16-23-5-2-13-35-23)17-27(33)32-12-10-26-24(11-14-37-26)25(32)18-36-22-8-6-21(30)7-9-22/h1,3-4,6-9,11,14-15,23,25H,2,5,10,12-13,16-18H2/t23-,25+/m1/s1. The van der Waals surface area contributed by atoms with Gasteiger partial charge in [0.25, 0.3) is 5.91 Å². The molecule has 2 aliphatic rings. The van der Waals surface area contributed by atoms with Gasteiger partial charge in [0.1, 0.15) is 18.9 Å². The Hall–Kier alpha value is -2.39. The number of rotatable bonds is 8. The van der Waals surface area contributed by atoms with Gasteiger partial charge in [-0.15, -0.1) is 11.3 Å². The van der Waals surface area contributed by atoms with E-state index in [1.54, 1.807) is 40.5 Å². The van der Waals surface area contributed by atoms with E-state index in [-0.39, 0.29) is 30.5 Å². The molecular weight excluding hydrogens is 576 g/mol. The predicted octanol–water partition coefficient (Wildman–Crippen LogP) is 5.99. The van der Waals surface area contributed by atoms with Gasteiger partial charge in [0.05, 0.1) is 12.1 Å². The van der Waals surface area contributed by atoms with Gasteiger partial charge >= 0.3 is 0 Å². The lowest BCUT2D eigenvalue weighted by Crippen LogP contribution is -2.49. The molecule has 0 radical (unpaired) electrons. The minimum Gasteiger partial charge on any atom is -0.491 e. The van der Waals surface area contributed by atoms with E-state index in [9.17, 15) is 9.59 Å². The second-order valence-corrected chi connectivity index (χ2v) is 11.6. The van der Waals surface area contributed by atoms with E-state index >= 15 is 0 Å². The highest BCUT2D eigenvalue weighted by Crippen LogP contribution is 2.34. The van der Waals surface area contributed by atoms with Crippen LogP contribution >= 0.6 is 38.9 Å². The van der Waals surface area contributed by atoms with Crippen LogP contribution in [0.1, 0.15) is 39.7 Å². The van der Waals surface area contributed by atoms with E-state index < -0.39 is 0 Å². The Balaban J connectivity index is 1.35. The van der Waals surface area contributed by atoms with E-state index in [2.05, 4.69) is 27.4 Å². The molecule has 0 N–H and O–H groups in total. The maximum Gasteiger partial charge on any atom is 0.254 e. The zero-order chi connectivity index (χ0) is 25.8. The summed E-state index contributed by atoms with van der Waals surface area (Å²) in [5.41, 5.74) is 1.66. The molecule has 6 nitrogen and oxygen atoms in total. The van der Waals surface area contributed by atoms with Crippen molar-refractivity contribution in [3.05, 3.63) is 85.5 Å². The largest absolute Gasteiger partial charge is 0.491 e. The molecule has 0 unspecified atom stereocenters. The molecule has 0 aliphatic carbocycles. The molecule has 1 saturated heterocycles. The molecule has 0 bridgehead atoms. The van der Waals surface area contributed by atoms with Crippen molar-refractivity contribution in [2.24, 2.45) is 0 Å². The number of carbonyl (C=O) groups excluding carboxylic acids is 2. The number of hydrogen-bond acceptors (Lipinski definition) is 5. The average molecular weight is 604 g/mol. The zero-order valence-corrected chi connectivity index (χ0v) is 23.4. The summed E-state index contributed by atoms with van der Waals surface area (Å²) in [4.78, 5) is 32.1. The molecule has 5 rings (SSSR count). The van der Waals surface area contributed by atoms with Crippen molar-refractivity contribution in [3.63, 3.8) is 0 Å². The summed E-state index contributed by atoms with van der Waals surface area (Å²) in [7, 11) is 0. The van der Waals surface area contributed by atoms with E-state index in [1.165, 1.54) is 4.88 Å². The first-order valence-corrected chi connectivity index (χ1v) is 14.4. The van der Waals surface area contributed by atoms with Gasteiger partial charge < -0.3 is 19.3 Å². The van der Waals surface area contributed by atoms with Gasteiger partial charge in [-0.3, -0.25) is 9.59 Å². The van der Waals surface area contributed by atoms with Crippen molar-refractivity contribution in [1.82, 2.24) is 9.80 Å². The van der Waals surface area contributed by atoms with Crippen molar-refractivity contribution in [3.8, 4) is 5.75 Å². The van der Waals surface area contributed by atoms with Crippen LogP contribution in [0.15, 0.2) is 64.5 Å². The minimum absolute atomic E-state index is 0.0118. The Morgan fingerprint density at radius 1 is 1.19 bits per heavy atom. The second kappa shape index (κ2) is 12.0. The first-order chi connectivity index (χ1) is 18.0. The van der Waals surface area contributed by atoms with Crippen LogP contribution in [0.2, 0.25) is 5.02 Å². The van der Waals surface area contributed by atoms with Crippen LogP contribution in [0.4, 0.5) is 0 Å². The van der Waals surface area contributed by atoms with Crippen molar-refractivity contribution < 1.29 is 19.1 Å². The number of halogens is 2. The number of hydrogen-bond donors (Lipinski definition) is 0. The van der Waals surface area contributed by atoms with Gasteiger partial charge in [0, 0.05) is 39.6 Å². The summed E-state index contributed by atoms with van der Waals surface area (Å²) in [6, 6.07) is 16.3. The molecule has 2 aromatic carbocycles. The van der Waals surface area contributed by atoms with Gasteiger partial charge in [-0.2, -0.15) is 0 Å². The fraction of sp³-hybridized carbons (Fsp3) is 0.357. The fourth-order valence-corrected chi connectivity index (χ4v) is 6.35. The predicted molar refractivity (Wildman–Crippen MR) is 148 cm³/mol. The molecule has 3 aromatic rings. The minimum atomic E-state index is -0.233. The SMILES string of the molecule is O=C(c1cccc(Br)c1)N(CC(=O)N1CCc2sccc2[C@@H]1COc1ccc(Cl)cc1)C[C@H]1CCCO1. The molecule has 3 heterocycles. The normalized spacial score (nSPS) is 18.9. The number of benzene rings is 2. The first kappa shape index (κ1) is 26.2. The number of amides is 2. The maximum atomic E-state index is 13.8. The van der Waals surface area contributed by atoms with E-state index in [4.69, 9.17) is 21.1 Å². The number of thiophene rings is 1. The molecule has 194 valence electrons. The number of fused-ring (bicyclic) bond motifs is 1. The third-order valence-corrected chi connectivity index (χ3v) is 8.51. The molecule has 0 spiro atoms. The Morgan fingerprint density at radius 3 is 2.78 bits per heavy atom. The van der Waals surface area contributed by atoms with E-state index in [0.717, 1.165) is 29.3 Å². The Bertz CT molecular complexity index is 1240. The van der Waals surface area contributed by atoms with Gasteiger partial charge in [-0.05, 0) is 78.7 Å².